The maximum Gasteiger partial charge on any atom is 0.0519 e. The minimum absolute atomic E-state index is 1.11. The number of rotatable bonds is 2. The fourth-order valence-corrected chi connectivity index (χ4v) is 2.80. The monoisotopic (exact) mass is 223 g/mol. The van der Waals surface area contributed by atoms with E-state index in [2.05, 4.69) is 47.7 Å². The maximum atomic E-state index is 4.16. The molecular formula is C16H17N. The zero-order valence-electron chi connectivity index (χ0n) is 10.2. The van der Waals surface area contributed by atoms with Gasteiger partial charge in [0.25, 0.3) is 0 Å². The molecule has 0 unspecified atom stereocenters. The summed E-state index contributed by atoms with van der Waals surface area (Å²) in [5.41, 5.74) is 5.28. The Morgan fingerprint density at radius 2 is 2.29 bits per heavy atom. The molecule has 1 aliphatic rings. The van der Waals surface area contributed by atoms with E-state index < -0.39 is 0 Å². The Labute approximate surface area is 102 Å². The lowest BCUT2D eigenvalue weighted by molar-refractivity contribution is 0.635. The first-order valence-corrected chi connectivity index (χ1v) is 6.24. The molecule has 0 aliphatic carbocycles. The lowest BCUT2D eigenvalue weighted by Crippen LogP contribution is -2.05. The van der Waals surface area contributed by atoms with Crippen molar-refractivity contribution in [1.82, 2.24) is 4.57 Å². The van der Waals surface area contributed by atoms with Crippen molar-refractivity contribution in [3.63, 3.8) is 0 Å². The molecule has 1 aliphatic heterocycles. The van der Waals surface area contributed by atoms with Crippen LogP contribution in [0.25, 0.3) is 16.5 Å². The number of aromatic nitrogens is 1. The second kappa shape index (κ2) is 3.92. The molecule has 0 saturated heterocycles. The number of allylic oxidation sites excluding steroid dienone is 3. The van der Waals surface area contributed by atoms with E-state index in [1.807, 2.05) is 6.92 Å². The second-order valence-corrected chi connectivity index (χ2v) is 4.68. The number of hydrogen-bond donors (Lipinski definition) is 0. The molecule has 0 bridgehead atoms. The Morgan fingerprint density at radius 1 is 1.41 bits per heavy atom. The quantitative estimate of drug-likeness (QED) is 0.673. The fourth-order valence-electron chi connectivity index (χ4n) is 2.80. The van der Waals surface area contributed by atoms with Gasteiger partial charge in [0.15, 0.2) is 0 Å². The van der Waals surface area contributed by atoms with Gasteiger partial charge in [-0.2, -0.15) is 0 Å². The van der Waals surface area contributed by atoms with Crippen molar-refractivity contribution in [3.05, 3.63) is 54.3 Å². The molecule has 17 heavy (non-hydrogen) atoms. The first-order chi connectivity index (χ1) is 8.31. The third kappa shape index (κ3) is 1.54. The van der Waals surface area contributed by atoms with E-state index in [-0.39, 0.29) is 0 Å². The normalized spacial score (nSPS) is 14.6. The van der Waals surface area contributed by atoms with Crippen LogP contribution in [-0.2, 0) is 13.0 Å². The minimum atomic E-state index is 1.11. The van der Waals surface area contributed by atoms with Crippen LogP contribution in [0.4, 0.5) is 0 Å². The summed E-state index contributed by atoms with van der Waals surface area (Å²) in [6.45, 7) is 7.33. The highest BCUT2D eigenvalue weighted by atomic mass is 15.0. The third-order valence-corrected chi connectivity index (χ3v) is 3.54. The Kier molecular flexibility index (Phi) is 2.40. The molecule has 1 heteroatoms. The van der Waals surface area contributed by atoms with E-state index in [4.69, 9.17) is 0 Å². The Bertz CT molecular complexity index is 614. The predicted molar refractivity (Wildman–Crippen MR) is 74.1 cm³/mol. The molecule has 3 rings (SSSR count). The van der Waals surface area contributed by atoms with Crippen LogP contribution in [0.5, 0.6) is 0 Å². The van der Waals surface area contributed by atoms with E-state index in [9.17, 15) is 0 Å². The molecule has 0 amide bonds. The second-order valence-electron chi connectivity index (χ2n) is 4.68. The Balaban J connectivity index is 2.29. The van der Waals surface area contributed by atoms with E-state index >= 15 is 0 Å². The predicted octanol–water partition coefficient (Wildman–Crippen LogP) is 4.18. The van der Waals surface area contributed by atoms with Crippen LogP contribution < -0.4 is 0 Å². The summed E-state index contributed by atoms with van der Waals surface area (Å²) < 4.78 is 2.39. The van der Waals surface area contributed by atoms with E-state index in [1.54, 1.807) is 0 Å². The number of hydrogen-bond acceptors (Lipinski definition) is 0. The van der Waals surface area contributed by atoms with Crippen molar-refractivity contribution < 1.29 is 0 Å². The lowest BCUT2D eigenvalue weighted by atomic mass is 10.0. The highest BCUT2D eigenvalue weighted by Crippen LogP contribution is 2.32. The van der Waals surface area contributed by atoms with Gasteiger partial charge in [-0.1, -0.05) is 36.9 Å². The number of nitrogens with zero attached hydrogens (tertiary/aromatic N) is 1. The summed E-state index contributed by atoms with van der Waals surface area (Å²) in [6.07, 6.45) is 8.85. The number of para-hydroxylation sites is 1. The van der Waals surface area contributed by atoms with Crippen LogP contribution in [-0.4, -0.2) is 4.57 Å². The molecule has 1 nitrogen and oxygen atoms in total. The van der Waals surface area contributed by atoms with Crippen LogP contribution in [0.1, 0.15) is 24.5 Å². The first-order valence-electron chi connectivity index (χ1n) is 6.24. The van der Waals surface area contributed by atoms with Gasteiger partial charge >= 0.3 is 0 Å². The van der Waals surface area contributed by atoms with Gasteiger partial charge in [-0.3, -0.25) is 0 Å². The zero-order valence-corrected chi connectivity index (χ0v) is 10.2. The zero-order chi connectivity index (χ0) is 11.8. The van der Waals surface area contributed by atoms with Crippen molar-refractivity contribution in [2.45, 2.75) is 26.3 Å². The largest absolute Gasteiger partial charge is 0.347 e. The molecule has 0 radical (unpaired) electrons. The van der Waals surface area contributed by atoms with Gasteiger partial charge in [0.2, 0.25) is 0 Å². The first kappa shape index (κ1) is 10.4. The van der Waals surface area contributed by atoms with Gasteiger partial charge in [0.1, 0.15) is 0 Å². The molecule has 0 spiro atoms. The van der Waals surface area contributed by atoms with Gasteiger partial charge in [-0.25, -0.2) is 0 Å². The molecule has 2 heterocycles. The molecule has 2 aromatic rings. The highest BCUT2D eigenvalue weighted by Gasteiger charge is 2.15. The molecule has 0 saturated carbocycles. The molecular weight excluding hydrogens is 206 g/mol. The van der Waals surface area contributed by atoms with Crippen molar-refractivity contribution in [2.24, 2.45) is 0 Å². The number of aryl methyl sites for hydroxylation is 2. The lowest BCUT2D eigenvalue weighted by Gasteiger charge is -2.14. The van der Waals surface area contributed by atoms with Gasteiger partial charge in [-0.05, 0) is 30.9 Å². The van der Waals surface area contributed by atoms with Crippen molar-refractivity contribution >= 4 is 16.5 Å². The van der Waals surface area contributed by atoms with Crippen LogP contribution in [0, 0.1) is 0 Å². The smallest absolute Gasteiger partial charge is 0.0519 e. The van der Waals surface area contributed by atoms with Crippen LogP contribution in [0.2, 0.25) is 0 Å². The average Bonchev–Trinajstić information content (AvgIpc) is 2.72. The summed E-state index contributed by atoms with van der Waals surface area (Å²) in [6, 6.07) is 6.63. The molecule has 0 atom stereocenters. The molecule has 0 fully saturated rings. The summed E-state index contributed by atoms with van der Waals surface area (Å²) in [5.74, 6) is 0. The van der Waals surface area contributed by atoms with Gasteiger partial charge in [-0.15, -0.1) is 0 Å². The standard InChI is InChI=1S/C16H17N/c1-3-6-12(2)15-11-17-10-5-8-13-7-4-9-14(15)16(13)17/h3-4,6-7,9,11H,2,5,8,10H2,1H3/b6-3-. The van der Waals surface area contributed by atoms with E-state index in [0.717, 1.165) is 12.1 Å². The fraction of sp³-hybridized carbons (Fsp3) is 0.250. The molecule has 1 aromatic carbocycles. The Hall–Kier alpha value is -1.76. The average molecular weight is 223 g/mol. The van der Waals surface area contributed by atoms with E-state index in [1.165, 1.54) is 34.9 Å². The van der Waals surface area contributed by atoms with E-state index in [0.29, 0.717) is 0 Å². The minimum Gasteiger partial charge on any atom is -0.347 e. The van der Waals surface area contributed by atoms with Crippen LogP contribution in [0.3, 0.4) is 0 Å². The SMILES string of the molecule is C=C(/C=C\C)c1cn2c3c(cccc13)CCC2. The number of benzene rings is 1. The summed E-state index contributed by atoms with van der Waals surface area (Å²) in [5, 5.41) is 1.35. The topological polar surface area (TPSA) is 4.93 Å². The summed E-state index contributed by atoms with van der Waals surface area (Å²) >= 11 is 0. The van der Waals surface area contributed by atoms with Crippen LogP contribution >= 0.6 is 0 Å². The Morgan fingerprint density at radius 3 is 3.12 bits per heavy atom. The summed E-state index contributed by atoms with van der Waals surface area (Å²) in [4.78, 5) is 0. The summed E-state index contributed by atoms with van der Waals surface area (Å²) in [7, 11) is 0. The van der Waals surface area contributed by atoms with Gasteiger partial charge in [0.05, 0.1) is 5.52 Å². The molecule has 1 aromatic heterocycles. The molecule has 0 N–H and O–H groups in total. The highest BCUT2D eigenvalue weighted by molar-refractivity contribution is 5.96. The van der Waals surface area contributed by atoms with Gasteiger partial charge in [0, 0.05) is 23.7 Å². The van der Waals surface area contributed by atoms with Crippen molar-refractivity contribution in [2.75, 3.05) is 0 Å². The van der Waals surface area contributed by atoms with Crippen molar-refractivity contribution in [1.29, 1.82) is 0 Å². The third-order valence-electron chi connectivity index (χ3n) is 3.54. The molecule has 86 valence electrons. The van der Waals surface area contributed by atoms with Crippen molar-refractivity contribution in [3.8, 4) is 0 Å². The maximum absolute atomic E-state index is 4.16. The van der Waals surface area contributed by atoms with Gasteiger partial charge < -0.3 is 4.57 Å². The van der Waals surface area contributed by atoms with Crippen LogP contribution in [0.15, 0.2) is 43.1 Å².